The Morgan fingerprint density at radius 1 is 1.19 bits per heavy atom. The molecule has 0 aromatic heterocycles. The van der Waals surface area contributed by atoms with Crippen LogP contribution >= 0.6 is 0 Å². The molecule has 0 radical (unpaired) electrons. The number of carboxylic acid groups (broad SMARTS) is 1. The van der Waals surface area contributed by atoms with E-state index in [4.69, 9.17) is 5.11 Å². The average molecular weight is 374 g/mol. The first kappa shape index (κ1) is 19.1. The quantitative estimate of drug-likeness (QED) is 0.665. The molecular formula is C21H24F2N2O2. The van der Waals surface area contributed by atoms with Crippen LogP contribution in [0.4, 0.5) is 20.2 Å². The van der Waals surface area contributed by atoms with Crippen molar-refractivity contribution >= 4 is 17.3 Å². The van der Waals surface area contributed by atoms with Gasteiger partial charge in [0.15, 0.2) is 0 Å². The van der Waals surface area contributed by atoms with E-state index in [0.717, 1.165) is 23.7 Å². The molecule has 1 fully saturated rings. The number of rotatable bonds is 9. The fourth-order valence-electron chi connectivity index (χ4n) is 3.07. The van der Waals surface area contributed by atoms with E-state index in [1.165, 1.54) is 29.9 Å². The van der Waals surface area contributed by atoms with Gasteiger partial charge in [-0.3, -0.25) is 4.79 Å². The SMILES string of the molecule is CN(CCCC(=O)O)c1c(F)cc(-c2cccc(NCC3CC3)c2)cc1F. The largest absolute Gasteiger partial charge is 0.481 e. The Hall–Kier alpha value is -2.63. The standard InChI is InChI=1S/C21H24F2N2O2/c1-25(9-3-6-20(26)27)21-18(22)11-16(12-19(21)23)15-4-2-5-17(10-15)24-13-14-7-8-14/h2,4-5,10-12,14,24H,3,6-9,13H2,1H3,(H,26,27). The van der Waals surface area contributed by atoms with Crippen LogP contribution < -0.4 is 10.2 Å². The lowest BCUT2D eigenvalue weighted by Crippen LogP contribution is -2.21. The number of nitrogens with zero attached hydrogens (tertiary/aromatic N) is 1. The summed E-state index contributed by atoms with van der Waals surface area (Å²) in [6.45, 7) is 1.19. The highest BCUT2D eigenvalue weighted by atomic mass is 19.1. The van der Waals surface area contributed by atoms with Crippen molar-refractivity contribution in [2.24, 2.45) is 5.92 Å². The maximum Gasteiger partial charge on any atom is 0.303 e. The van der Waals surface area contributed by atoms with E-state index in [1.807, 2.05) is 24.3 Å². The van der Waals surface area contributed by atoms with Crippen LogP contribution in [0, 0.1) is 17.6 Å². The summed E-state index contributed by atoms with van der Waals surface area (Å²) in [7, 11) is 1.56. The van der Waals surface area contributed by atoms with Gasteiger partial charge in [0, 0.05) is 32.2 Å². The van der Waals surface area contributed by atoms with Gasteiger partial charge in [-0.2, -0.15) is 0 Å². The summed E-state index contributed by atoms with van der Waals surface area (Å²) < 4.78 is 29.2. The number of hydrogen-bond acceptors (Lipinski definition) is 3. The molecule has 2 N–H and O–H groups in total. The number of anilines is 2. The molecule has 144 valence electrons. The molecule has 3 rings (SSSR count). The number of nitrogens with one attached hydrogen (secondary N) is 1. The first-order chi connectivity index (χ1) is 12.9. The first-order valence-electron chi connectivity index (χ1n) is 9.20. The highest BCUT2D eigenvalue weighted by molar-refractivity contribution is 5.71. The van der Waals surface area contributed by atoms with Crippen LogP contribution in [0.5, 0.6) is 0 Å². The van der Waals surface area contributed by atoms with E-state index < -0.39 is 17.6 Å². The topological polar surface area (TPSA) is 52.6 Å². The van der Waals surface area contributed by atoms with E-state index in [-0.39, 0.29) is 18.7 Å². The zero-order chi connectivity index (χ0) is 19.4. The second kappa shape index (κ2) is 8.37. The molecule has 2 aromatic carbocycles. The smallest absolute Gasteiger partial charge is 0.303 e. The molecule has 0 aliphatic heterocycles. The Morgan fingerprint density at radius 3 is 2.52 bits per heavy atom. The lowest BCUT2D eigenvalue weighted by Gasteiger charge is -2.21. The van der Waals surface area contributed by atoms with Crippen LogP contribution in [-0.2, 0) is 4.79 Å². The Labute approximate surface area is 157 Å². The van der Waals surface area contributed by atoms with Gasteiger partial charge in [-0.25, -0.2) is 8.78 Å². The molecular weight excluding hydrogens is 350 g/mol. The van der Waals surface area contributed by atoms with E-state index in [1.54, 1.807) is 7.05 Å². The van der Waals surface area contributed by atoms with Crippen LogP contribution in [0.3, 0.4) is 0 Å². The lowest BCUT2D eigenvalue weighted by molar-refractivity contribution is -0.137. The van der Waals surface area contributed by atoms with Gasteiger partial charge < -0.3 is 15.3 Å². The molecule has 0 amide bonds. The molecule has 2 aromatic rings. The number of carbonyl (C=O) groups is 1. The average Bonchev–Trinajstić information content (AvgIpc) is 3.43. The second-order valence-electron chi connectivity index (χ2n) is 7.11. The molecule has 27 heavy (non-hydrogen) atoms. The van der Waals surface area contributed by atoms with Gasteiger partial charge in [-0.05, 0) is 60.6 Å². The van der Waals surface area contributed by atoms with Crippen LogP contribution in [0.15, 0.2) is 36.4 Å². The fraction of sp³-hybridized carbons (Fsp3) is 0.381. The predicted octanol–water partition coefficient (Wildman–Crippen LogP) is 4.75. The summed E-state index contributed by atoms with van der Waals surface area (Å²) in [6.07, 6.45) is 2.79. The third-order valence-electron chi connectivity index (χ3n) is 4.77. The van der Waals surface area contributed by atoms with Gasteiger partial charge in [0.1, 0.15) is 17.3 Å². The van der Waals surface area contributed by atoms with Crippen molar-refractivity contribution in [3.8, 4) is 11.1 Å². The van der Waals surface area contributed by atoms with Crippen molar-refractivity contribution in [2.75, 3.05) is 30.4 Å². The molecule has 0 saturated heterocycles. The van der Waals surface area contributed by atoms with Gasteiger partial charge in [0.2, 0.25) is 0 Å². The zero-order valence-corrected chi connectivity index (χ0v) is 15.3. The summed E-state index contributed by atoms with van der Waals surface area (Å²) in [5.41, 5.74) is 2.03. The predicted molar refractivity (Wildman–Crippen MR) is 103 cm³/mol. The fourth-order valence-corrected chi connectivity index (χ4v) is 3.07. The zero-order valence-electron chi connectivity index (χ0n) is 15.3. The third kappa shape index (κ3) is 5.18. The highest BCUT2D eigenvalue weighted by Crippen LogP contribution is 2.32. The summed E-state index contributed by atoms with van der Waals surface area (Å²) in [6, 6.07) is 10.2. The van der Waals surface area contributed by atoms with Crippen LogP contribution in [0.1, 0.15) is 25.7 Å². The number of carboxylic acids is 1. The maximum atomic E-state index is 14.6. The molecule has 0 unspecified atom stereocenters. The van der Waals surface area contributed by atoms with Crippen LogP contribution in [0.2, 0.25) is 0 Å². The number of benzene rings is 2. The minimum atomic E-state index is -0.921. The normalized spacial score (nSPS) is 13.4. The molecule has 0 spiro atoms. The van der Waals surface area contributed by atoms with Crippen molar-refractivity contribution in [2.45, 2.75) is 25.7 Å². The molecule has 6 heteroatoms. The highest BCUT2D eigenvalue weighted by Gasteiger charge is 2.20. The van der Waals surface area contributed by atoms with Crippen LogP contribution in [-0.4, -0.2) is 31.2 Å². The van der Waals surface area contributed by atoms with Crippen molar-refractivity contribution < 1.29 is 18.7 Å². The first-order valence-corrected chi connectivity index (χ1v) is 9.20. The van der Waals surface area contributed by atoms with Gasteiger partial charge in [-0.1, -0.05) is 12.1 Å². The summed E-state index contributed by atoms with van der Waals surface area (Å²) in [5.74, 6) is -1.49. The lowest BCUT2D eigenvalue weighted by atomic mass is 10.0. The van der Waals surface area contributed by atoms with Crippen LogP contribution in [0.25, 0.3) is 11.1 Å². The Balaban J connectivity index is 1.75. The number of halogens is 2. The van der Waals surface area contributed by atoms with Gasteiger partial charge in [0.05, 0.1) is 0 Å². The van der Waals surface area contributed by atoms with Gasteiger partial charge >= 0.3 is 5.97 Å². The molecule has 0 bridgehead atoms. The summed E-state index contributed by atoms with van der Waals surface area (Å²) in [4.78, 5) is 12.0. The van der Waals surface area contributed by atoms with Crippen molar-refractivity contribution in [3.63, 3.8) is 0 Å². The minimum Gasteiger partial charge on any atom is -0.481 e. The Bertz CT molecular complexity index is 799. The Morgan fingerprint density at radius 2 is 1.89 bits per heavy atom. The van der Waals surface area contributed by atoms with E-state index in [2.05, 4.69) is 5.32 Å². The number of aliphatic carboxylic acids is 1. The van der Waals surface area contributed by atoms with Gasteiger partial charge in [0.25, 0.3) is 0 Å². The molecule has 1 aliphatic rings. The molecule has 0 heterocycles. The molecule has 4 nitrogen and oxygen atoms in total. The second-order valence-corrected chi connectivity index (χ2v) is 7.11. The van der Waals surface area contributed by atoms with Crippen molar-refractivity contribution in [1.29, 1.82) is 0 Å². The van der Waals surface area contributed by atoms with Crippen molar-refractivity contribution in [3.05, 3.63) is 48.0 Å². The van der Waals surface area contributed by atoms with E-state index >= 15 is 0 Å². The number of hydrogen-bond donors (Lipinski definition) is 2. The monoisotopic (exact) mass is 374 g/mol. The third-order valence-corrected chi connectivity index (χ3v) is 4.77. The molecule has 1 aliphatic carbocycles. The summed E-state index contributed by atoms with van der Waals surface area (Å²) >= 11 is 0. The maximum absolute atomic E-state index is 14.6. The minimum absolute atomic E-state index is 0.0354. The van der Waals surface area contributed by atoms with E-state index in [0.29, 0.717) is 12.0 Å². The van der Waals surface area contributed by atoms with E-state index in [9.17, 15) is 13.6 Å². The van der Waals surface area contributed by atoms with Gasteiger partial charge in [-0.15, -0.1) is 0 Å². The van der Waals surface area contributed by atoms with Crippen molar-refractivity contribution in [1.82, 2.24) is 0 Å². The Kier molecular flexibility index (Phi) is 5.94. The molecule has 1 saturated carbocycles. The molecule has 0 atom stereocenters. The summed E-state index contributed by atoms with van der Waals surface area (Å²) in [5, 5.41) is 12.1.